The number of nitrogens with zero attached hydrogens (tertiary/aromatic N) is 4. The lowest BCUT2D eigenvalue weighted by atomic mass is 10.1. The molecule has 1 N–H and O–H groups in total. The number of hydrogen-bond acceptors (Lipinski definition) is 3. The van der Waals surface area contributed by atoms with Gasteiger partial charge in [0.15, 0.2) is 11.5 Å². The van der Waals surface area contributed by atoms with E-state index in [0.29, 0.717) is 30.0 Å². The van der Waals surface area contributed by atoms with E-state index in [1.165, 1.54) is 4.68 Å². The Labute approximate surface area is 162 Å². The van der Waals surface area contributed by atoms with Crippen LogP contribution in [0.2, 0.25) is 0 Å². The van der Waals surface area contributed by atoms with Gasteiger partial charge in [0.1, 0.15) is 0 Å². The standard InChI is InChI=1S/C21H19N5O2/c1-13-11-18(23-12-17(13)25-10-4-5-19(25)27)26-21(28)20(14(2)24-26)15-6-8-16(22-3)9-7-15/h6-9,11-12,24H,4-5,10H2,1-2H3. The van der Waals surface area contributed by atoms with Gasteiger partial charge >= 0.3 is 0 Å². The van der Waals surface area contributed by atoms with Crippen molar-refractivity contribution in [2.45, 2.75) is 26.7 Å². The van der Waals surface area contributed by atoms with Crippen LogP contribution in [-0.4, -0.2) is 27.2 Å². The van der Waals surface area contributed by atoms with E-state index in [9.17, 15) is 9.59 Å². The first-order chi connectivity index (χ1) is 13.5. The van der Waals surface area contributed by atoms with Crippen LogP contribution < -0.4 is 10.5 Å². The second kappa shape index (κ2) is 6.82. The van der Waals surface area contributed by atoms with Gasteiger partial charge in [-0.25, -0.2) is 14.5 Å². The van der Waals surface area contributed by atoms with Gasteiger partial charge in [-0.05, 0) is 37.5 Å². The van der Waals surface area contributed by atoms with Gasteiger partial charge in [-0.1, -0.05) is 24.3 Å². The molecule has 28 heavy (non-hydrogen) atoms. The van der Waals surface area contributed by atoms with Crippen LogP contribution in [0.1, 0.15) is 24.1 Å². The maximum atomic E-state index is 13.0. The highest BCUT2D eigenvalue weighted by Crippen LogP contribution is 2.26. The summed E-state index contributed by atoms with van der Waals surface area (Å²) < 4.78 is 1.41. The molecule has 0 unspecified atom stereocenters. The summed E-state index contributed by atoms with van der Waals surface area (Å²) in [5, 5.41) is 3.08. The molecule has 3 heterocycles. The molecule has 0 saturated carbocycles. The molecule has 1 aliphatic rings. The van der Waals surface area contributed by atoms with Crippen LogP contribution in [0.25, 0.3) is 21.8 Å². The molecule has 0 atom stereocenters. The Bertz CT molecular complexity index is 1160. The number of hydrogen-bond donors (Lipinski definition) is 1. The minimum absolute atomic E-state index is 0.107. The number of aryl methyl sites for hydroxylation is 2. The number of benzene rings is 1. The number of rotatable bonds is 3. The Morgan fingerprint density at radius 1 is 1.18 bits per heavy atom. The van der Waals surface area contributed by atoms with E-state index < -0.39 is 0 Å². The van der Waals surface area contributed by atoms with Gasteiger partial charge in [-0.3, -0.25) is 14.7 Å². The first-order valence-electron chi connectivity index (χ1n) is 9.06. The predicted molar refractivity (Wildman–Crippen MR) is 107 cm³/mol. The highest BCUT2D eigenvalue weighted by molar-refractivity contribution is 5.95. The van der Waals surface area contributed by atoms with Crippen LogP contribution in [0.4, 0.5) is 11.4 Å². The van der Waals surface area contributed by atoms with E-state index in [-0.39, 0.29) is 11.5 Å². The molecule has 0 bridgehead atoms. The Morgan fingerprint density at radius 2 is 1.93 bits per heavy atom. The van der Waals surface area contributed by atoms with Crippen LogP contribution in [0, 0.1) is 20.4 Å². The molecule has 0 radical (unpaired) electrons. The van der Waals surface area contributed by atoms with Crippen molar-refractivity contribution in [2.75, 3.05) is 11.4 Å². The van der Waals surface area contributed by atoms with Crippen molar-refractivity contribution in [3.8, 4) is 16.9 Å². The third kappa shape index (κ3) is 2.89. The summed E-state index contributed by atoms with van der Waals surface area (Å²) in [5.74, 6) is 0.584. The van der Waals surface area contributed by atoms with Crippen molar-refractivity contribution in [3.63, 3.8) is 0 Å². The fourth-order valence-electron chi connectivity index (χ4n) is 3.59. The van der Waals surface area contributed by atoms with Gasteiger partial charge in [0.25, 0.3) is 5.56 Å². The first kappa shape index (κ1) is 17.7. The molecular formula is C21H19N5O2. The van der Waals surface area contributed by atoms with E-state index in [1.807, 2.05) is 19.9 Å². The summed E-state index contributed by atoms with van der Waals surface area (Å²) in [6.45, 7) is 11.5. The number of pyridine rings is 1. The summed E-state index contributed by atoms with van der Waals surface area (Å²) in [6.07, 6.45) is 3.07. The molecule has 140 valence electrons. The Kier molecular flexibility index (Phi) is 4.32. The molecular weight excluding hydrogens is 354 g/mol. The van der Waals surface area contributed by atoms with E-state index >= 15 is 0 Å². The van der Waals surface area contributed by atoms with Crippen molar-refractivity contribution in [3.05, 3.63) is 69.6 Å². The molecule has 7 nitrogen and oxygen atoms in total. The lowest BCUT2D eigenvalue weighted by Crippen LogP contribution is -2.25. The summed E-state index contributed by atoms with van der Waals surface area (Å²) in [7, 11) is 0. The van der Waals surface area contributed by atoms with E-state index in [2.05, 4.69) is 14.9 Å². The summed E-state index contributed by atoms with van der Waals surface area (Å²) in [6, 6.07) is 8.75. The largest absolute Gasteiger partial charge is 0.311 e. The molecule has 4 rings (SSSR count). The van der Waals surface area contributed by atoms with Gasteiger partial charge in [-0.15, -0.1) is 0 Å². The normalized spacial score (nSPS) is 13.8. The monoisotopic (exact) mass is 373 g/mol. The molecule has 1 aliphatic heterocycles. The molecule has 1 saturated heterocycles. The zero-order valence-corrected chi connectivity index (χ0v) is 15.7. The van der Waals surface area contributed by atoms with Crippen LogP contribution in [-0.2, 0) is 4.79 Å². The number of nitrogens with one attached hydrogen (secondary N) is 1. The van der Waals surface area contributed by atoms with Crippen LogP contribution in [0.3, 0.4) is 0 Å². The highest BCUT2D eigenvalue weighted by atomic mass is 16.2. The molecule has 0 aliphatic carbocycles. The maximum absolute atomic E-state index is 13.0. The van der Waals surface area contributed by atoms with Crippen LogP contribution in [0.15, 0.2) is 41.3 Å². The lowest BCUT2D eigenvalue weighted by Gasteiger charge is -2.18. The van der Waals surface area contributed by atoms with Crippen molar-refractivity contribution in [1.82, 2.24) is 14.8 Å². The van der Waals surface area contributed by atoms with Gasteiger partial charge in [0.2, 0.25) is 5.91 Å². The average molecular weight is 373 g/mol. The number of carbonyl (C=O) groups excluding carboxylic acids is 1. The Balaban J connectivity index is 1.74. The number of carbonyl (C=O) groups is 1. The zero-order valence-electron chi connectivity index (χ0n) is 15.7. The minimum atomic E-state index is -0.204. The molecule has 0 spiro atoms. The fourth-order valence-corrected chi connectivity index (χ4v) is 3.59. The second-order valence-corrected chi connectivity index (χ2v) is 6.89. The Morgan fingerprint density at radius 3 is 2.54 bits per heavy atom. The van der Waals surface area contributed by atoms with E-state index in [0.717, 1.165) is 28.9 Å². The van der Waals surface area contributed by atoms with Gasteiger partial charge in [-0.2, -0.15) is 0 Å². The number of anilines is 1. The summed E-state index contributed by atoms with van der Waals surface area (Å²) >= 11 is 0. The van der Waals surface area contributed by atoms with Gasteiger partial charge in [0, 0.05) is 18.7 Å². The predicted octanol–water partition coefficient (Wildman–Crippen LogP) is 3.52. The lowest BCUT2D eigenvalue weighted by molar-refractivity contribution is -0.117. The van der Waals surface area contributed by atoms with E-state index in [1.54, 1.807) is 35.4 Å². The zero-order chi connectivity index (χ0) is 19.8. The number of H-pyrrole nitrogens is 1. The number of aromatic nitrogens is 3. The molecule has 7 heteroatoms. The summed E-state index contributed by atoms with van der Waals surface area (Å²) in [4.78, 5) is 34.6. The van der Waals surface area contributed by atoms with Crippen molar-refractivity contribution in [2.24, 2.45) is 0 Å². The van der Waals surface area contributed by atoms with Crippen molar-refractivity contribution in [1.29, 1.82) is 0 Å². The molecule has 1 fully saturated rings. The smallest absolute Gasteiger partial charge is 0.280 e. The molecule has 3 aromatic rings. The average Bonchev–Trinajstić information content (AvgIpc) is 3.24. The first-order valence-corrected chi connectivity index (χ1v) is 9.06. The fraction of sp³-hybridized carbons (Fsp3) is 0.238. The van der Waals surface area contributed by atoms with Gasteiger partial charge < -0.3 is 4.90 Å². The van der Waals surface area contributed by atoms with E-state index in [4.69, 9.17) is 6.57 Å². The molecule has 1 amide bonds. The van der Waals surface area contributed by atoms with Crippen LogP contribution >= 0.6 is 0 Å². The maximum Gasteiger partial charge on any atom is 0.280 e. The van der Waals surface area contributed by atoms with Crippen molar-refractivity contribution < 1.29 is 4.79 Å². The third-order valence-corrected chi connectivity index (χ3v) is 5.02. The quantitative estimate of drug-likeness (QED) is 0.714. The third-order valence-electron chi connectivity index (χ3n) is 5.02. The molecule has 2 aromatic heterocycles. The second-order valence-electron chi connectivity index (χ2n) is 6.89. The SMILES string of the molecule is [C-]#[N+]c1ccc(-c2c(C)[nH]n(-c3cc(C)c(N4CCCC4=O)cn3)c2=O)cc1. The summed E-state index contributed by atoms with van der Waals surface area (Å²) in [5.41, 5.74) is 4.03. The number of aromatic amines is 1. The minimum Gasteiger partial charge on any atom is -0.311 e. The highest BCUT2D eigenvalue weighted by Gasteiger charge is 2.24. The van der Waals surface area contributed by atoms with Crippen LogP contribution in [0.5, 0.6) is 0 Å². The van der Waals surface area contributed by atoms with Gasteiger partial charge in [0.05, 0.1) is 24.0 Å². The molecule has 1 aromatic carbocycles. The number of amides is 1. The Hall–Kier alpha value is -3.66. The van der Waals surface area contributed by atoms with Crippen molar-refractivity contribution >= 4 is 17.3 Å². The topological polar surface area (TPSA) is 75.3 Å².